The van der Waals surface area contributed by atoms with Crippen LogP contribution in [0.4, 0.5) is 5.13 Å². The van der Waals surface area contributed by atoms with Crippen molar-refractivity contribution < 1.29 is 9.53 Å². The average molecular weight is 343 g/mol. The number of carbonyl (C=O) groups excluding carboxylic acids is 1. The third-order valence-corrected chi connectivity index (χ3v) is 3.80. The van der Waals surface area contributed by atoms with Crippen molar-refractivity contribution in [2.45, 2.75) is 26.5 Å². The van der Waals surface area contributed by atoms with Gasteiger partial charge >= 0.3 is 0 Å². The zero-order valence-corrected chi connectivity index (χ0v) is 14.2. The number of thiazole rings is 1. The van der Waals surface area contributed by atoms with E-state index in [-0.39, 0.29) is 18.6 Å². The van der Waals surface area contributed by atoms with Crippen molar-refractivity contribution in [2.75, 3.05) is 5.32 Å². The average Bonchev–Trinajstić information content (AvgIpc) is 3.19. The first-order valence-corrected chi connectivity index (χ1v) is 8.33. The third kappa shape index (κ3) is 4.17. The molecule has 0 radical (unpaired) electrons. The van der Waals surface area contributed by atoms with E-state index in [9.17, 15) is 4.79 Å². The van der Waals surface area contributed by atoms with Gasteiger partial charge in [-0.25, -0.2) is 14.6 Å². The van der Waals surface area contributed by atoms with E-state index in [1.165, 1.54) is 28.7 Å². The lowest BCUT2D eigenvalue weighted by atomic mass is 10.2. The molecule has 0 unspecified atom stereocenters. The highest BCUT2D eigenvalue weighted by Crippen LogP contribution is 2.26. The minimum atomic E-state index is -0.193. The Morgan fingerprint density at radius 3 is 2.79 bits per heavy atom. The first-order valence-electron chi connectivity index (χ1n) is 7.45. The van der Waals surface area contributed by atoms with E-state index in [4.69, 9.17) is 4.74 Å². The first kappa shape index (κ1) is 16.1. The summed E-state index contributed by atoms with van der Waals surface area (Å²) in [6.45, 7) is 4.08. The van der Waals surface area contributed by atoms with Crippen LogP contribution in [0, 0.1) is 0 Å². The Kier molecular flexibility index (Phi) is 4.85. The summed E-state index contributed by atoms with van der Waals surface area (Å²) in [7, 11) is 0. The number of amides is 1. The smallest absolute Gasteiger partial charge is 0.247 e. The molecule has 124 valence electrons. The second kappa shape index (κ2) is 7.22. The normalized spacial score (nSPS) is 10.8. The quantitative estimate of drug-likeness (QED) is 0.744. The van der Waals surface area contributed by atoms with E-state index >= 15 is 0 Å². The number of nitrogens with zero attached hydrogens (tertiary/aromatic N) is 4. The van der Waals surface area contributed by atoms with E-state index in [0.717, 1.165) is 17.0 Å². The van der Waals surface area contributed by atoms with Gasteiger partial charge in [0, 0.05) is 10.9 Å². The lowest BCUT2D eigenvalue weighted by Gasteiger charge is -2.09. The molecule has 0 aliphatic rings. The van der Waals surface area contributed by atoms with Gasteiger partial charge in [0.2, 0.25) is 5.91 Å². The van der Waals surface area contributed by atoms with Crippen LogP contribution in [0.1, 0.15) is 13.8 Å². The summed E-state index contributed by atoms with van der Waals surface area (Å²) >= 11 is 1.38. The molecule has 1 aromatic carbocycles. The number of carbonyl (C=O) groups is 1. The van der Waals surface area contributed by atoms with Crippen LogP contribution in [0.25, 0.3) is 11.3 Å². The maximum atomic E-state index is 11.9. The molecule has 2 aromatic heterocycles. The molecule has 0 atom stereocenters. The Balaban J connectivity index is 1.63. The molecule has 0 aliphatic heterocycles. The number of anilines is 1. The van der Waals surface area contributed by atoms with Crippen molar-refractivity contribution in [3.8, 4) is 17.0 Å². The second-order valence-electron chi connectivity index (χ2n) is 5.37. The van der Waals surface area contributed by atoms with E-state index in [0.29, 0.717) is 5.13 Å². The van der Waals surface area contributed by atoms with Gasteiger partial charge in [0.1, 0.15) is 24.9 Å². The highest BCUT2D eigenvalue weighted by molar-refractivity contribution is 7.14. The van der Waals surface area contributed by atoms with Crippen LogP contribution < -0.4 is 10.1 Å². The summed E-state index contributed by atoms with van der Waals surface area (Å²) in [6.07, 6.45) is 3.02. The van der Waals surface area contributed by atoms with Crippen molar-refractivity contribution in [3.05, 3.63) is 42.3 Å². The molecule has 0 fully saturated rings. The van der Waals surface area contributed by atoms with Crippen molar-refractivity contribution in [2.24, 2.45) is 0 Å². The number of rotatable bonds is 6. The van der Waals surface area contributed by atoms with Gasteiger partial charge in [0.25, 0.3) is 0 Å². The highest BCUT2D eigenvalue weighted by atomic mass is 32.1. The summed E-state index contributed by atoms with van der Waals surface area (Å²) in [5.41, 5.74) is 1.78. The van der Waals surface area contributed by atoms with Crippen LogP contribution in [0.3, 0.4) is 0 Å². The predicted molar refractivity (Wildman–Crippen MR) is 92.0 cm³/mol. The maximum Gasteiger partial charge on any atom is 0.247 e. The van der Waals surface area contributed by atoms with Crippen molar-refractivity contribution in [1.82, 2.24) is 19.7 Å². The minimum Gasteiger partial charge on any atom is -0.491 e. The monoisotopic (exact) mass is 343 g/mol. The SMILES string of the molecule is CC(C)Oc1ccc(-c2csc(NC(=O)Cn3cncn3)n2)cc1. The van der Waals surface area contributed by atoms with Gasteiger partial charge in [-0.1, -0.05) is 0 Å². The van der Waals surface area contributed by atoms with Crippen molar-refractivity contribution in [1.29, 1.82) is 0 Å². The van der Waals surface area contributed by atoms with Gasteiger partial charge in [-0.05, 0) is 38.1 Å². The topological polar surface area (TPSA) is 81.9 Å². The lowest BCUT2D eigenvalue weighted by molar-refractivity contribution is -0.116. The molecule has 0 saturated heterocycles. The molecule has 0 spiro atoms. The number of benzene rings is 1. The van der Waals surface area contributed by atoms with Crippen LogP contribution in [-0.2, 0) is 11.3 Å². The lowest BCUT2D eigenvalue weighted by Crippen LogP contribution is -2.18. The third-order valence-electron chi connectivity index (χ3n) is 3.04. The minimum absolute atomic E-state index is 0.107. The number of hydrogen-bond donors (Lipinski definition) is 1. The van der Waals surface area contributed by atoms with Gasteiger partial charge < -0.3 is 10.1 Å². The van der Waals surface area contributed by atoms with E-state index in [1.807, 2.05) is 43.5 Å². The van der Waals surface area contributed by atoms with Gasteiger partial charge in [-0.3, -0.25) is 4.79 Å². The van der Waals surface area contributed by atoms with Gasteiger partial charge in [0.15, 0.2) is 5.13 Å². The zero-order chi connectivity index (χ0) is 16.9. The summed E-state index contributed by atoms with van der Waals surface area (Å²) in [4.78, 5) is 20.2. The van der Waals surface area contributed by atoms with Gasteiger partial charge in [0.05, 0.1) is 11.8 Å². The zero-order valence-electron chi connectivity index (χ0n) is 13.3. The Labute approximate surface area is 143 Å². The van der Waals surface area contributed by atoms with E-state index in [2.05, 4.69) is 20.4 Å². The molecule has 1 N–H and O–H groups in total. The fourth-order valence-corrected chi connectivity index (χ4v) is 2.80. The van der Waals surface area contributed by atoms with Crippen LogP contribution in [0.2, 0.25) is 0 Å². The number of hydrogen-bond acceptors (Lipinski definition) is 6. The number of aromatic nitrogens is 4. The molecular formula is C16H17N5O2S. The predicted octanol–water partition coefficient (Wildman–Crippen LogP) is 2.83. The Morgan fingerprint density at radius 1 is 1.33 bits per heavy atom. The van der Waals surface area contributed by atoms with Crippen LogP contribution >= 0.6 is 11.3 Å². The summed E-state index contributed by atoms with van der Waals surface area (Å²) in [5.74, 6) is 0.632. The second-order valence-corrected chi connectivity index (χ2v) is 6.23. The Hall–Kier alpha value is -2.74. The number of ether oxygens (including phenoxy) is 1. The molecule has 0 bridgehead atoms. The molecule has 0 aliphatic carbocycles. The molecular weight excluding hydrogens is 326 g/mol. The Morgan fingerprint density at radius 2 is 2.12 bits per heavy atom. The first-order chi connectivity index (χ1) is 11.6. The molecule has 8 heteroatoms. The summed E-state index contributed by atoms with van der Waals surface area (Å²) in [6, 6.07) is 7.73. The molecule has 3 rings (SSSR count). The fourth-order valence-electron chi connectivity index (χ4n) is 2.06. The fraction of sp³-hybridized carbons (Fsp3) is 0.250. The summed E-state index contributed by atoms with van der Waals surface area (Å²) in [5, 5.41) is 9.12. The van der Waals surface area contributed by atoms with E-state index < -0.39 is 0 Å². The molecule has 1 amide bonds. The molecule has 2 heterocycles. The van der Waals surface area contributed by atoms with Crippen LogP contribution in [-0.4, -0.2) is 31.8 Å². The maximum absolute atomic E-state index is 11.9. The Bertz CT molecular complexity index is 796. The van der Waals surface area contributed by atoms with Crippen LogP contribution in [0.5, 0.6) is 5.75 Å². The largest absolute Gasteiger partial charge is 0.491 e. The van der Waals surface area contributed by atoms with E-state index in [1.54, 1.807) is 0 Å². The molecule has 3 aromatic rings. The number of nitrogens with one attached hydrogen (secondary N) is 1. The standard InChI is InChI=1S/C16H17N5O2S/c1-11(2)23-13-5-3-12(4-6-13)14-8-24-16(19-14)20-15(22)7-21-10-17-9-18-21/h3-6,8-11H,7H2,1-2H3,(H,19,20,22). The molecule has 0 saturated carbocycles. The molecule has 24 heavy (non-hydrogen) atoms. The van der Waals surface area contributed by atoms with Gasteiger partial charge in [-0.15, -0.1) is 11.3 Å². The molecule has 7 nitrogen and oxygen atoms in total. The van der Waals surface area contributed by atoms with Crippen molar-refractivity contribution in [3.63, 3.8) is 0 Å². The highest BCUT2D eigenvalue weighted by Gasteiger charge is 2.09. The van der Waals surface area contributed by atoms with Crippen molar-refractivity contribution >= 4 is 22.4 Å². The van der Waals surface area contributed by atoms with Gasteiger partial charge in [-0.2, -0.15) is 5.10 Å². The summed E-state index contributed by atoms with van der Waals surface area (Å²) < 4.78 is 7.08. The van der Waals surface area contributed by atoms with Crippen LogP contribution in [0.15, 0.2) is 42.3 Å².